The molecule has 53 heavy (non-hydrogen) atoms. The number of nitrogens with zero attached hydrogens (tertiary/aromatic N) is 8. The summed E-state index contributed by atoms with van der Waals surface area (Å²) in [5, 5.41) is 2.76. The van der Waals surface area contributed by atoms with E-state index in [1.165, 1.54) is 81.1 Å². The van der Waals surface area contributed by atoms with Gasteiger partial charge in [-0.1, -0.05) is 22.7 Å². The number of hydrogen-bond donors (Lipinski definition) is 0. The number of rotatable bonds is 7. The number of fused-ring (bicyclic) bond motifs is 12. The number of allylic oxidation sites excluding steroid dienone is 1. The minimum atomic E-state index is -0.657. The van der Waals surface area contributed by atoms with Crippen LogP contribution in [0.3, 0.4) is 0 Å². The summed E-state index contributed by atoms with van der Waals surface area (Å²) in [4.78, 5) is 18.2. The molecule has 0 aliphatic carbocycles. The molecule has 2 aromatic carbocycles. The number of hydrogen-bond acceptors (Lipinski definition) is 5. The van der Waals surface area contributed by atoms with Crippen LogP contribution in [-0.2, 0) is 30.8 Å². The van der Waals surface area contributed by atoms with Crippen LogP contribution in [0.4, 0.5) is 0 Å². The Kier molecular flexibility index (Phi) is 7.73. The molecular weight excluding hydrogens is 676 g/mol. The van der Waals surface area contributed by atoms with Gasteiger partial charge in [0, 0.05) is 89.7 Å². The van der Waals surface area contributed by atoms with Gasteiger partial charge in [0.1, 0.15) is 17.7 Å². The molecule has 5 atom stereocenters. The lowest BCUT2D eigenvalue weighted by molar-refractivity contribution is -0.691. The molecule has 0 spiro atoms. The highest BCUT2D eigenvalue weighted by Gasteiger charge is 2.43. The first-order chi connectivity index (χ1) is 25.6. The predicted octanol–water partition coefficient (Wildman–Crippen LogP) is 7.98. The van der Waals surface area contributed by atoms with Crippen molar-refractivity contribution in [3.8, 4) is 0 Å². The lowest BCUT2D eigenvalue weighted by Gasteiger charge is -2.33. The van der Waals surface area contributed by atoms with Crippen LogP contribution in [-0.4, -0.2) is 60.1 Å². The Labute approximate surface area is 316 Å². The maximum atomic E-state index is 7.49. The van der Waals surface area contributed by atoms with Crippen molar-refractivity contribution in [3.05, 3.63) is 119 Å². The number of aryl methyl sites for hydroxylation is 1. The number of benzene rings is 2. The van der Waals surface area contributed by atoms with Crippen molar-refractivity contribution < 1.29 is 4.57 Å². The molecule has 4 bridgehead atoms. The average Bonchev–Trinajstić information content (AvgIpc) is 3.77. The lowest BCUT2D eigenvalue weighted by atomic mass is 9.96. The van der Waals surface area contributed by atoms with E-state index < -0.39 is 4.87 Å². The fourth-order valence-electron chi connectivity index (χ4n) is 10.4. The van der Waals surface area contributed by atoms with Gasteiger partial charge in [-0.2, -0.15) is 0 Å². The van der Waals surface area contributed by atoms with Crippen molar-refractivity contribution >= 4 is 45.2 Å². The molecule has 270 valence electrons. The van der Waals surface area contributed by atoms with Gasteiger partial charge in [0.25, 0.3) is 6.33 Å². The fraction of sp³-hybridized carbons (Fsp3) is 0.409. The van der Waals surface area contributed by atoms with E-state index in [1.807, 2.05) is 18.6 Å². The molecular formula is C44H48ClN8+. The van der Waals surface area contributed by atoms with Crippen LogP contribution in [0, 0.1) is 6.92 Å². The van der Waals surface area contributed by atoms with Gasteiger partial charge < -0.3 is 9.13 Å². The molecule has 2 saturated heterocycles. The highest BCUT2D eigenvalue weighted by Crippen LogP contribution is 2.49. The number of halogens is 1. The Hall–Kier alpha value is -4.37. The zero-order valence-corrected chi connectivity index (χ0v) is 32.2. The highest BCUT2D eigenvalue weighted by atomic mass is 35.5. The molecule has 9 heteroatoms. The van der Waals surface area contributed by atoms with E-state index >= 15 is 0 Å². The molecule has 2 fully saturated rings. The first kappa shape index (κ1) is 33.2. The van der Waals surface area contributed by atoms with E-state index in [4.69, 9.17) is 16.6 Å². The first-order valence-electron chi connectivity index (χ1n) is 19.3. The van der Waals surface area contributed by atoms with Gasteiger partial charge in [0.2, 0.25) is 0 Å². The minimum Gasteiger partial charge on any atom is -0.342 e. The summed E-state index contributed by atoms with van der Waals surface area (Å²) in [6.07, 6.45) is 17.0. The highest BCUT2D eigenvalue weighted by molar-refractivity contribution is 6.23. The molecule has 6 aromatic rings. The Bertz CT molecular complexity index is 2420. The maximum Gasteiger partial charge on any atom is 0.286 e. The van der Waals surface area contributed by atoms with Crippen LogP contribution in [0.5, 0.6) is 0 Å². The quantitative estimate of drug-likeness (QED) is 0.124. The predicted molar refractivity (Wildman–Crippen MR) is 212 cm³/mol. The molecule has 4 aliphatic rings. The van der Waals surface area contributed by atoms with Gasteiger partial charge in [-0.15, -0.1) is 11.6 Å². The molecule has 5 unspecified atom stereocenters. The minimum absolute atomic E-state index is 0.452. The molecule has 8 heterocycles. The second-order valence-electron chi connectivity index (χ2n) is 16.5. The van der Waals surface area contributed by atoms with Crippen molar-refractivity contribution in [1.82, 2.24) is 33.9 Å². The summed E-state index contributed by atoms with van der Waals surface area (Å²) < 4.78 is 7.15. The molecule has 0 radical (unpaired) electrons. The third kappa shape index (κ3) is 5.31. The van der Waals surface area contributed by atoms with Crippen molar-refractivity contribution in [2.75, 3.05) is 14.1 Å². The van der Waals surface area contributed by atoms with Crippen molar-refractivity contribution in [1.29, 1.82) is 0 Å². The van der Waals surface area contributed by atoms with E-state index in [-0.39, 0.29) is 0 Å². The summed E-state index contributed by atoms with van der Waals surface area (Å²) in [5.74, 6) is 0. The smallest absolute Gasteiger partial charge is 0.286 e. The Morgan fingerprint density at radius 2 is 1.60 bits per heavy atom. The zero-order chi connectivity index (χ0) is 36.2. The van der Waals surface area contributed by atoms with Crippen LogP contribution >= 0.6 is 11.6 Å². The Morgan fingerprint density at radius 1 is 0.887 bits per heavy atom. The summed E-state index contributed by atoms with van der Waals surface area (Å²) in [6.45, 7) is 7.91. The summed E-state index contributed by atoms with van der Waals surface area (Å²) in [5.41, 5.74) is 14.1. The molecule has 4 aromatic heterocycles. The van der Waals surface area contributed by atoms with E-state index in [2.05, 4.69) is 123 Å². The van der Waals surface area contributed by atoms with Gasteiger partial charge in [0.05, 0.1) is 17.4 Å². The standard InChI is InChI=1S/C44H48ClN8/c1-27-6-10-36-32(18-27)42-37-12-9-31(50(37)5)21-40(42)53(36)24-44(3,45)41-15-17-51(26-48-41)23-29-7-11-35-33(19-29)43-38-13-8-30(49(38)4)20-39(43)52(35)22-28(2)34-14-16-46-25-47-34/h6-7,10-11,14-19,22,25-26,30-31,37-38H,8-9,12-13,20-21,23-24H2,1-5H3/q+1. The lowest BCUT2D eigenvalue weighted by Crippen LogP contribution is -2.36. The largest absolute Gasteiger partial charge is 0.342 e. The van der Waals surface area contributed by atoms with Crippen LogP contribution in [0.2, 0.25) is 0 Å². The normalized spacial score (nSPS) is 23.8. The first-order valence-corrected chi connectivity index (χ1v) is 19.7. The molecule has 0 amide bonds. The van der Waals surface area contributed by atoms with Gasteiger partial charge in [-0.3, -0.25) is 9.80 Å². The second-order valence-corrected chi connectivity index (χ2v) is 17.3. The molecule has 8 nitrogen and oxygen atoms in total. The van der Waals surface area contributed by atoms with E-state index in [0.29, 0.717) is 30.7 Å². The van der Waals surface area contributed by atoms with Crippen molar-refractivity contribution in [2.45, 2.75) is 101 Å². The molecule has 0 saturated carbocycles. The van der Waals surface area contributed by atoms with Gasteiger partial charge in [-0.25, -0.2) is 14.5 Å². The van der Waals surface area contributed by atoms with Gasteiger partial charge in [-0.05, 0) is 113 Å². The average molecular weight is 724 g/mol. The third-order valence-electron chi connectivity index (χ3n) is 13.2. The Morgan fingerprint density at radius 3 is 2.32 bits per heavy atom. The summed E-state index contributed by atoms with van der Waals surface area (Å²) in [7, 11) is 4.62. The van der Waals surface area contributed by atoms with E-state index in [0.717, 1.165) is 36.3 Å². The molecule has 0 N–H and O–H groups in total. The van der Waals surface area contributed by atoms with Crippen LogP contribution in [0.25, 0.3) is 33.6 Å². The van der Waals surface area contributed by atoms with Crippen LogP contribution in [0.1, 0.15) is 96.6 Å². The van der Waals surface area contributed by atoms with Crippen molar-refractivity contribution in [2.24, 2.45) is 0 Å². The van der Waals surface area contributed by atoms with E-state index in [9.17, 15) is 0 Å². The number of likely N-dealkylation sites (N-methyl/N-ethyl adjacent to an activating group) is 2. The zero-order valence-electron chi connectivity index (χ0n) is 31.4. The monoisotopic (exact) mass is 723 g/mol. The second kappa shape index (κ2) is 12.3. The topological polar surface area (TPSA) is 58.9 Å². The summed E-state index contributed by atoms with van der Waals surface area (Å²) >= 11 is 7.49. The van der Waals surface area contributed by atoms with E-state index in [1.54, 1.807) is 6.33 Å². The number of aromatic nitrogens is 6. The SMILES string of the molecule is CC(=Cn1c2c(c3cc(C[n+]4ccc(C(C)(Cl)Cn5c6c(c7cc(C)ccc75)C5CCC(C6)N5C)nc4)ccc31)C1CCC(C2)N1C)c1ccncn1. The number of alkyl halides is 1. The van der Waals surface area contributed by atoms with Gasteiger partial charge in [0.15, 0.2) is 5.69 Å². The van der Waals surface area contributed by atoms with Crippen molar-refractivity contribution in [3.63, 3.8) is 0 Å². The molecule has 10 rings (SSSR count). The third-order valence-corrected chi connectivity index (χ3v) is 13.5. The van der Waals surface area contributed by atoms with Crippen LogP contribution < -0.4 is 4.57 Å². The maximum absolute atomic E-state index is 7.49. The molecule has 4 aliphatic heterocycles. The van der Waals surface area contributed by atoms with Gasteiger partial charge >= 0.3 is 0 Å². The Balaban J connectivity index is 0.954. The van der Waals surface area contributed by atoms with Crippen LogP contribution in [0.15, 0.2) is 73.6 Å². The summed E-state index contributed by atoms with van der Waals surface area (Å²) in [6, 6.07) is 20.2. The fourth-order valence-corrected chi connectivity index (χ4v) is 10.6.